The third-order valence-electron chi connectivity index (χ3n) is 3.85. The zero-order chi connectivity index (χ0) is 19.6. The molecule has 1 aromatic rings. The van der Waals surface area contributed by atoms with Gasteiger partial charge in [-0.15, -0.1) is 0 Å². The van der Waals surface area contributed by atoms with Crippen LogP contribution in [0.3, 0.4) is 0 Å². The molecule has 7 heteroatoms. The van der Waals surface area contributed by atoms with Crippen LogP contribution in [0.2, 0.25) is 0 Å². The number of carbonyl (C=O) groups is 3. The summed E-state index contributed by atoms with van der Waals surface area (Å²) in [5.74, 6) is -2.05. The molecule has 0 saturated heterocycles. The molecule has 0 unspecified atom stereocenters. The third kappa shape index (κ3) is 5.29. The van der Waals surface area contributed by atoms with Crippen molar-refractivity contribution in [2.24, 2.45) is 0 Å². The number of ether oxygens (including phenoxy) is 3. The van der Waals surface area contributed by atoms with Gasteiger partial charge in [0.1, 0.15) is 0 Å². The van der Waals surface area contributed by atoms with E-state index in [0.717, 1.165) is 5.56 Å². The molecule has 0 fully saturated rings. The van der Waals surface area contributed by atoms with Crippen LogP contribution in [-0.4, -0.2) is 61.8 Å². The Morgan fingerprint density at radius 3 is 1.85 bits per heavy atom. The summed E-state index contributed by atoms with van der Waals surface area (Å²) in [5.41, 5.74) is -1.04. The molecule has 0 aliphatic rings. The highest BCUT2D eigenvalue weighted by Gasteiger charge is 2.53. The fourth-order valence-electron chi connectivity index (χ4n) is 2.60. The number of carbonyl (C=O) groups excluding carboxylic acids is 3. The second kappa shape index (κ2) is 10.6. The molecule has 0 atom stereocenters. The fraction of sp³-hybridized carbons (Fsp3) is 0.526. The van der Waals surface area contributed by atoms with Gasteiger partial charge < -0.3 is 14.2 Å². The van der Waals surface area contributed by atoms with Gasteiger partial charge in [-0.3, -0.25) is 9.69 Å². The van der Waals surface area contributed by atoms with E-state index in [1.54, 1.807) is 32.9 Å². The van der Waals surface area contributed by atoms with Crippen molar-refractivity contribution >= 4 is 17.9 Å². The lowest BCUT2D eigenvalue weighted by Crippen LogP contribution is -2.62. The van der Waals surface area contributed by atoms with Crippen molar-refractivity contribution in [2.45, 2.75) is 32.7 Å². The zero-order valence-corrected chi connectivity index (χ0v) is 15.8. The lowest BCUT2D eigenvalue weighted by atomic mass is 9.88. The molecule has 0 aliphatic carbocycles. The monoisotopic (exact) mass is 365 g/mol. The highest BCUT2D eigenvalue weighted by atomic mass is 16.6. The Balaban J connectivity index is 3.34. The average Bonchev–Trinajstić information content (AvgIpc) is 2.60. The number of benzene rings is 1. The minimum absolute atomic E-state index is 0.0153. The standard InChI is InChI=1S/C19H27NO6/c1-5-24-16(21)14-20(4)19(17(22)25-6-2,18(23)26-7-3)13-15-11-9-8-10-12-15/h8-12H,5-7,13-14H2,1-4H3. The van der Waals surface area contributed by atoms with Crippen molar-refractivity contribution < 1.29 is 28.6 Å². The number of likely N-dealkylation sites (N-methyl/N-ethyl adjacent to an activating group) is 1. The summed E-state index contributed by atoms with van der Waals surface area (Å²) in [6, 6.07) is 9.04. The maximum atomic E-state index is 12.8. The molecular formula is C19H27NO6. The van der Waals surface area contributed by atoms with Crippen LogP contribution in [0.1, 0.15) is 26.3 Å². The minimum atomic E-state index is -1.78. The molecule has 1 rings (SSSR count). The van der Waals surface area contributed by atoms with Crippen molar-refractivity contribution in [3.8, 4) is 0 Å². The zero-order valence-electron chi connectivity index (χ0n) is 15.8. The molecule has 0 aliphatic heterocycles. The Morgan fingerprint density at radius 1 is 0.885 bits per heavy atom. The van der Waals surface area contributed by atoms with Crippen LogP contribution in [0.15, 0.2) is 30.3 Å². The van der Waals surface area contributed by atoms with E-state index in [9.17, 15) is 14.4 Å². The van der Waals surface area contributed by atoms with Crippen LogP contribution < -0.4 is 0 Å². The summed E-state index contributed by atoms with van der Waals surface area (Å²) in [6.45, 7) is 5.15. The predicted molar refractivity (Wildman–Crippen MR) is 95.4 cm³/mol. The number of hydrogen-bond donors (Lipinski definition) is 0. The average molecular weight is 365 g/mol. The van der Waals surface area contributed by atoms with Gasteiger partial charge in [0.15, 0.2) is 0 Å². The van der Waals surface area contributed by atoms with Crippen molar-refractivity contribution in [3.63, 3.8) is 0 Å². The van der Waals surface area contributed by atoms with E-state index >= 15 is 0 Å². The highest BCUT2D eigenvalue weighted by molar-refractivity contribution is 6.05. The summed E-state index contributed by atoms with van der Waals surface area (Å²) in [7, 11) is 1.51. The second-order valence-electron chi connectivity index (χ2n) is 5.62. The highest BCUT2D eigenvalue weighted by Crippen LogP contribution is 2.25. The molecule has 0 bridgehead atoms. The number of rotatable bonds is 10. The Kier molecular flexibility index (Phi) is 8.78. The molecule has 0 saturated carbocycles. The normalized spacial score (nSPS) is 11.1. The quantitative estimate of drug-likeness (QED) is 0.354. The molecule has 1 aromatic carbocycles. The van der Waals surface area contributed by atoms with Gasteiger partial charge in [0.2, 0.25) is 5.54 Å². The molecule has 144 valence electrons. The number of esters is 3. The van der Waals surface area contributed by atoms with Gasteiger partial charge in [0.25, 0.3) is 0 Å². The lowest BCUT2D eigenvalue weighted by molar-refractivity contribution is -0.175. The first kappa shape index (κ1) is 21.6. The van der Waals surface area contributed by atoms with Crippen LogP contribution >= 0.6 is 0 Å². The first-order chi connectivity index (χ1) is 12.4. The predicted octanol–water partition coefficient (Wildman–Crippen LogP) is 1.59. The smallest absolute Gasteiger partial charge is 0.338 e. The van der Waals surface area contributed by atoms with Crippen LogP contribution in [0, 0.1) is 0 Å². The van der Waals surface area contributed by atoms with Gasteiger partial charge in [0, 0.05) is 6.42 Å². The molecule has 26 heavy (non-hydrogen) atoms. The van der Waals surface area contributed by atoms with Gasteiger partial charge >= 0.3 is 17.9 Å². The van der Waals surface area contributed by atoms with E-state index in [1.807, 2.05) is 18.2 Å². The van der Waals surface area contributed by atoms with Crippen LogP contribution in [-0.2, 0) is 35.0 Å². The summed E-state index contributed by atoms with van der Waals surface area (Å²) in [5, 5.41) is 0. The third-order valence-corrected chi connectivity index (χ3v) is 3.85. The first-order valence-corrected chi connectivity index (χ1v) is 8.67. The van der Waals surface area contributed by atoms with Gasteiger partial charge in [-0.1, -0.05) is 30.3 Å². The topological polar surface area (TPSA) is 82.1 Å². The Hall–Kier alpha value is -2.41. The van der Waals surface area contributed by atoms with E-state index < -0.39 is 23.4 Å². The Bertz CT molecular complexity index is 583. The van der Waals surface area contributed by atoms with E-state index in [1.165, 1.54) is 11.9 Å². The van der Waals surface area contributed by atoms with E-state index in [2.05, 4.69) is 0 Å². The van der Waals surface area contributed by atoms with Crippen molar-refractivity contribution in [3.05, 3.63) is 35.9 Å². The van der Waals surface area contributed by atoms with E-state index in [4.69, 9.17) is 14.2 Å². The van der Waals surface area contributed by atoms with Gasteiger partial charge in [-0.2, -0.15) is 0 Å². The SMILES string of the molecule is CCOC(=O)CN(C)C(Cc1ccccc1)(C(=O)OCC)C(=O)OCC. The van der Waals surface area contributed by atoms with Crippen LogP contribution in [0.25, 0.3) is 0 Å². The largest absolute Gasteiger partial charge is 0.465 e. The van der Waals surface area contributed by atoms with Crippen molar-refractivity contribution in [1.82, 2.24) is 4.90 Å². The molecule has 0 spiro atoms. The van der Waals surface area contributed by atoms with Gasteiger partial charge in [-0.05, 0) is 33.4 Å². The van der Waals surface area contributed by atoms with Crippen LogP contribution in [0.5, 0.6) is 0 Å². The number of nitrogens with zero attached hydrogens (tertiary/aromatic N) is 1. The maximum absolute atomic E-state index is 12.8. The maximum Gasteiger partial charge on any atom is 0.338 e. The molecule has 0 amide bonds. The van der Waals surface area contributed by atoms with E-state index in [-0.39, 0.29) is 32.8 Å². The van der Waals surface area contributed by atoms with Gasteiger partial charge in [-0.25, -0.2) is 9.59 Å². The summed E-state index contributed by atoms with van der Waals surface area (Å²) < 4.78 is 15.3. The molecule has 7 nitrogen and oxygen atoms in total. The van der Waals surface area contributed by atoms with E-state index in [0.29, 0.717) is 0 Å². The van der Waals surface area contributed by atoms with Crippen molar-refractivity contribution in [1.29, 1.82) is 0 Å². The van der Waals surface area contributed by atoms with Crippen LogP contribution in [0.4, 0.5) is 0 Å². The van der Waals surface area contributed by atoms with Gasteiger partial charge in [0.05, 0.1) is 26.4 Å². The molecule has 0 heterocycles. The molecular weight excluding hydrogens is 338 g/mol. The fourth-order valence-corrected chi connectivity index (χ4v) is 2.60. The summed E-state index contributed by atoms with van der Waals surface area (Å²) in [6.07, 6.45) is 0.0153. The minimum Gasteiger partial charge on any atom is -0.465 e. The molecule has 0 N–H and O–H groups in total. The summed E-state index contributed by atoms with van der Waals surface area (Å²) in [4.78, 5) is 39.0. The molecule has 0 radical (unpaired) electrons. The summed E-state index contributed by atoms with van der Waals surface area (Å²) >= 11 is 0. The molecule has 0 aromatic heterocycles. The lowest BCUT2D eigenvalue weighted by Gasteiger charge is -2.36. The Labute approximate surface area is 154 Å². The second-order valence-corrected chi connectivity index (χ2v) is 5.62. The number of hydrogen-bond acceptors (Lipinski definition) is 7. The first-order valence-electron chi connectivity index (χ1n) is 8.67. The van der Waals surface area contributed by atoms with Crippen molar-refractivity contribution in [2.75, 3.05) is 33.4 Å². The Morgan fingerprint density at radius 2 is 1.38 bits per heavy atom.